The molecule has 1 saturated carbocycles. The molecule has 0 amide bonds. The van der Waals surface area contributed by atoms with Crippen molar-refractivity contribution in [2.75, 3.05) is 6.61 Å². The molecule has 0 heterocycles. The Kier molecular flexibility index (Phi) is 6.30. The molecule has 0 spiro atoms. The molecule has 2 nitrogen and oxygen atoms in total. The molecule has 0 aromatic carbocycles. The average molecular weight is 349 g/mol. The van der Waals surface area contributed by atoms with Crippen LogP contribution in [0.3, 0.4) is 0 Å². The van der Waals surface area contributed by atoms with Crippen LogP contribution in [0.5, 0.6) is 0 Å². The Labute approximate surface area is 149 Å². The van der Waals surface area contributed by atoms with Crippen molar-refractivity contribution in [3.05, 3.63) is 23.8 Å². The van der Waals surface area contributed by atoms with Crippen molar-refractivity contribution in [1.82, 2.24) is 0 Å². The highest BCUT2D eigenvalue weighted by Crippen LogP contribution is 2.50. The van der Waals surface area contributed by atoms with Gasteiger partial charge in [-0.3, -0.25) is 4.79 Å². The van der Waals surface area contributed by atoms with Gasteiger partial charge in [-0.2, -0.15) is 0 Å². The maximum absolute atomic E-state index is 12.3. The summed E-state index contributed by atoms with van der Waals surface area (Å²) in [7, 11) is -1.81. The Morgan fingerprint density at radius 1 is 1.12 bits per heavy atom. The number of hydrogen-bond acceptors (Lipinski definition) is 2. The Bertz CT molecular complexity index is 494. The third-order valence-corrected chi connectivity index (χ3v) is 12.7. The summed E-state index contributed by atoms with van der Waals surface area (Å²) in [5, 5.41) is 0. The summed E-state index contributed by atoms with van der Waals surface area (Å²) in [6.07, 6.45) is 6.08. The van der Waals surface area contributed by atoms with Crippen LogP contribution in [-0.4, -0.2) is 20.7 Å². The molecule has 2 bridgehead atoms. The number of carbonyl (C=O) groups is 1. The van der Waals surface area contributed by atoms with E-state index in [0.717, 1.165) is 18.6 Å². The van der Waals surface area contributed by atoms with Crippen LogP contribution in [-0.2, 0) is 9.22 Å². The van der Waals surface area contributed by atoms with E-state index in [0.29, 0.717) is 28.5 Å². The van der Waals surface area contributed by atoms with E-state index >= 15 is 0 Å². The molecule has 24 heavy (non-hydrogen) atoms. The summed E-state index contributed by atoms with van der Waals surface area (Å²) in [4.78, 5) is 12.3. The van der Waals surface area contributed by atoms with Crippen LogP contribution in [0.2, 0.25) is 16.6 Å². The van der Waals surface area contributed by atoms with Gasteiger partial charge in [-0.15, -0.1) is 0 Å². The second kappa shape index (κ2) is 7.70. The molecule has 0 radical (unpaired) electrons. The Morgan fingerprint density at radius 2 is 1.67 bits per heavy atom. The second-order valence-corrected chi connectivity index (χ2v) is 14.1. The lowest BCUT2D eigenvalue weighted by Gasteiger charge is -2.42. The Balaban J connectivity index is 2.13. The predicted molar refractivity (Wildman–Crippen MR) is 105 cm³/mol. The summed E-state index contributed by atoms with van der Waals surface area (Å²) in [6, 6.07) is 0. The number of hydrogen-bond donors (Lipinski definition) is 0. The fraction of sp³-hybridized carbons (Fsp3) is 0.762. The van der Waals surface area contributed by atoms with Crippen LogP contribution in [0.15, 0.2) is 23.8 Å². The molecule has 3 heteroatoms. The highest BCUT2D eigenvalue weighted by molar-refractivity contribution is 6.77. The normalized spacial score (nSPS) is 23.9. The number of ketones is 1. The topological polar surface area (TPSA) is 26.3 Å². The van der Waals surface area contributed by atoms with Gasteiger partial charge in [-0.05, 0) is 60.2 Å². The zero-order valence-electron chi connectivity index (χ0n) is 16.5. The van der Waals surface area contributed by atoms with Crippen LogP contribution in [0, 0.1) is 11.8 Å². The van der Waals surface area contributed by atoms with Crippen molar-refractivity contribution in [3.8, 4) is 0 Å². The first-order valence-corrected chi connectivity index (χ1v) is 11.9. The van der Waals surface area contributed by atoms with Crippen molar-refractivity contribution in [3.63, 3.8) is 0 Å². The van der Waals surface area contributed by atoms with Gasteiger partial charge in [0, 0.05) is 12.2 Å². The van der Waals surface area contributed by atoms with Crippen molar-refractivity contribution in [1.29, 1.82) is 0 Å². The maximum Gasteiger partial charge on any atom is 0.200 e. The molecule has 2 atom stereocenters. The Morgan fingerprint density at radius 3 is 2.17 bits per heavy atom. The SMILES string of the molecule is C=CC(=O)C1=C(CCO[Si](C(C)C)(C(C)C)C(C)C)[C@@H]2CC[C@H]1C2. The molecule has 0 aliphatic heterocycles. The lowest BCUT2D eigenvalue weighted by atomic mass is 9.88. The van der Waals surface area contributed by atoms with Gasteiger partial charge in [0.1, 0.15) is 0 Å². The van der Waals surface area contributed by atoms with E-state index in [9.17, 15) is 4.79 Å². The lowest BCUT2D eigenvalue weighted by Crippen LogP contribution is -2.48. The summed E-state index contributed by atoms with van der Waals surface area (Å²) in [6.45, 7) is 18.5. The van der Waals surface area contributed by atoms with E-state index in [1.165, 1.54) is 30.9 Å². The monoisotopic (exact) mass is 348 g/mol. The van der Waals surface area contributed by atoms with Gasteiger partial charge in [0.2, 0.25) is 0 Å². The van der Waals surface area contributed by atoms with Crippen molar-refractivity contribution >= 4 is 14.1 Å². The molecule has 2 rings (SSSR count). The minimum Gasteiger partial charge on any atom is -0.416 e. The molecule has 2 aliphatic rings. The summed E-state index contributed by atoms with van der Waals surface area (Å²) in [5.41, 5.74) is 4.33. The van der Waals surface area contributed by atoms with E-state index in [4.69, 9.17) is 4.43 Å². The summed E-state index contributed by atoms with van der Waals surface area (Å²) in [5.74, 6) is 1.29. The van der Waals surface area contributed by atoms with Gasteiger partial charge in [0.05, 0.1) is 0 Å². The van der Waals surface area contributed by atoms with Crippen molar-refractivity contribution < 1.29 is 9.22 Å². The van der Waals surface area contributed by atoms with E-state index in [2.05, 4.69) is 48.1 Å². The average Bonchev–Trinajstić information content (AvgIpc) is 3.10. The van der Waals surface area contributed by atoms with E-state index in [1.807, 2.05) is 0 Å². The number of carbonyl (C=O) groups excluding carboxylic acids is 1. The van der Waals surface area contributed by atoms with E-state index < -0.39 is 8.32 Å². The van der Waals surface area contributed by atoms with Crippen LogP contribution < -0.4 is 0 Å². The lowest BCUT2D eigenvalue weighted by molar-refractivity contribution is -0.111. The molecular formula is C21H36O2Si. The van der Waals surface area contributed by atoms with Crippen LogP contribution in [0.1, 0.15) is 67.2 Å². The molecule has 0 aromatic heterocycles. The van der Waals surface area contributed by atoms with Gasteiger partial charge in [-0.25, -0.2) is 0 Å². The van der Waals surface area contributed by atoms with Crippen molar-refractivity contribution in [2.45, 2.75) is 83.8 Å². The van der Waals surface area contributed by atoms with Crippen molar-refractivity contribution in [2.24, 2.45) is 11.8 Å². The van der Waals surface area contributed by atoms with E-state index in [-0.39, 0.29) is 5.78 Å². The van der Waals surface area contributed by atoms with Crippen LogP contribution >= 0.6 is 0 Å². The molecule has 0 unspecified atom stereocenters. The standard InChI is InChI=1S/C21H36O2Si/c1-8-20(22)21-18-10-9-17(13-18)19(21)11-12-23-24(14(2)3,15(4)5)16(6)7/h8,14-18H,1,9-13H2,2-7H3/t17-,18+/m1/s1. The minimum absolute atomic E-state index is 0.164. The third kappa shape index (κ3) is 3.34. The number of rotatable bonds is 9. The summed E-state index contributed by atoms with van der Waals surface area (Å²) < 4.78 is 6.71. The second-order valence-electron chi connectivity index (χ2n) is 8.63. The number of fused-ring (bicyclic) bond motifs is 2. The summed E-state index contributed by atoms with van der Waals surface area (Å²) >= 11 is 0. The smallest absolute Gasteiger partial charge is 0.200 e. The van der Waals surface area contributed by atoms with Crippen LogP contribution in [0.4, 0.5) is 0 Å². The highest BCUT2D eigenvalue weighted by Gasteiger charge is 2.45. The quantitative estimate of drug-likeness (QED) is 0.374. The first-order chi connectivity index (χ1) is 11.3. The van der Waals surface area contributed by atoms with Gasteiger partial charge in [0.25, 0.3) is 0 Å². The fourth-order valence-corrected chi connectivity index (χ4v) is 11.1. The highest BCUT2D eigenvalue weighted by atomic mass is 28.4. The molecule has 1 fully saturated rings. The minimum atomic E-state index is -1.81. The van der Waals surface area contributed by atoms with Gasteiger partial charge >= 0.3 is 0 Å². The Hall–Kier alpha value is -0.673. The zero-order chi connectivity index (χ0) is 18.1. The van der Waals surface area contributed by atoms with Gasteiger partial charge in [0.15, 0.2) is 14.1 Å². The first-order valence-electron chi connectivity index (χ1n) is 9.79. The van der Waals surface area contributed by atoms with Gasteiger partial charge < -0.3 is 4.43 Å². The number of allylic oxidation sites excluding steroid dienone is 2. The fourth-order valence-electron chi connectivity index (χ4n) is 5.69. The van der Waals surface area contributed by atoms with Crippen LogP contribution in [0.25, 0.3) is 0 Å². The van der Waals surface area contributed by atoms with E-state index in [1.54, 1.807) is 0 Å². The molecule has 2 aliphatic carbocycles. The molecule has 136 valence electrons. The largest absolute Gasteiger partial charge is 0.416 e. The predicted octanol–water partition coefficient (Wildman–Crippen LogP) is 6.05. The molecule has 0 N–H and O–H groups in total. The molecule has 0 saturated heterocycles. The third-order valence-electron chi connectivity index (χ3n) is 6.56. The van der Waals surface area contributed by atoms with Gasteiger partial charge in [-0.1, -0.05) is 53.7 Å². The first kappa shape index (κ1) is 19.6. The maximum atomic E-state index is 12.3. The zero-order valence-corrected chi connectivity index (χ0v) is 17.5. The molecular weight excluding hydrogens is 312 g/mol. The molecule has 0 aromatic rings.